The SMILES string of the molecule is C.C.Cc1cc(C2CCC2)c(-c2cn[nH]n2)cc1C(=O)N1CCC(c2ccc(C#N)cc2)CC1.Cc1cc(C2CCC2)c(-c2cn[nH]n2)cc1C(=O)O. The van der Waals surface area contributed by atoms with E-state index in [0.29, 0.717) is 34.6 Å². The Hall–Kier alpha value is -5.63. The summed E-state index contributed by atoms with van der Waals surface area (Å²) in [6.07, 6.45) is 12.5. The van der Waals surface area contributed by atoms with Crippen LogP contribution in [0.25, 0.3) is 22.5 Å². The quantitative estimate of drug-likeness (QED) is 0.150. The number of amides is 1. The smallest absolute Gasteiger partial charge is 0.335 e. The highest BCUT2D eigenvalue weighted by Gasteiger charge is 2.29. The first kappa shape index (κ1) is 38.6. The molecular weight excluding hydrogens is 665 g/mol. The standard InChI is InChI=1S/C26H27N5O.C14H15N3O2.2CH4/c1-17-13-23(21-3-2-4-21)24(25-16-28-30-29-25)14-22(17)26(32)31-11-9-20(10-12-31)19-7-5-18(15-27)6-8-19;1-8-5-11(9-3-2-4-9)12(6-10(8)14(18)19)13-7-15-17-16-13;;/h5-8,13-14,16,20-21H,2-4,9-12H2,1H3,(H,28,29,30);5-7,9H,2-4H2,1H3,(H,18,19)(H,15,16,17);2*1H4. The topological polar surface area (TPSA) is 165 Å². The van der Waals surface area contributed by atoms with Gasteiger partial charge in [0.2, 0.25) is 0 Å². The van der Waals surface area contributed by atoms with Gasteiger partial charge in [-0.05, 0) is 122 Å². The van der Waals surface area contributed by atoms with Gasteiger partial charge >= 0.3 is 5.97 Å². The largest absolute Gasteiger partial charge is 0.478 e. The second-order valence-corrected chi connectivity index (χ2v) is 14.1. The first-order valence-electron chi connectivity index (χ1n) is 17.8. The summed E-state index contributed by atoms with van der Waals surface area (Å²) in [5.74, 6) is 0.702. The molecule has 1 aliphatic heterocycles. The summed E-state index contributed by atoms with van der Waals surface area (Å²) in [5, 5.41) is 39.7. The number of nitrogens with zero attached hydrogens (tertiary/aromatic N) is 6. The molecule has 11 heteroatoms. The number of rotatable bonds is 7. The van der Waals surface area contributed by atoms with Crippen LogP contribution < -0.4 is 0 Å². The lowest BCUT2D eigenvalue weighted by Crippen LogP contribution is -2.38. The number of carbonyl (C=O) groups is 2. The number of carbonyl (C=O) groups excluding carboxylic acids is 1. The third-order valence-corrected chi connectivity index (χ3v) is 11.0. The molecule has 0 radical (unpaired) electrons. The Morgan fingerprint density at radius 1 is 0.736 bits per heavy atom. The fraction of sp³-hybridized carbons (Fsp3) is 0.405. The number of piperidine rings is 1. The zero-order chi connectivity index (χ0) is 35.5. The highest BCUT2D eigenvalue weighted by molar-refractivity contribution is 5.97. The van der Waals surface area contributed by atoms with Crippen molar-refractivity contribution in [2.75, 3.05) is 13.1 Å². The number of aryl methyl sites for hydroxylation is 2. The highest BCUT2D eigenvalue weighted by Crippen LogP contribution is 2.43. The summed E-state index contributed by atoms with van der Waals surface area (Å²) in [5.41, 5.74) is 10.8. The molecule has 1 amide bonds. The van der Waals surface area contributed by atoms with Crippen LogP contribution in [-0.4, -0.2) is 65.8 Å². The van der Waals surface area contributed by atoms with Crippen LogP contribution in [0, 0.1) is 25.2 Å². The van der Waals surface area contributed by atoms with Crippen LogP contribution in [0.4, 0.5) is 0 Å². The number of hydrogen-bond acceptors (Lipinski definition) is 7. The van der Waals surface area contributed by atoms with Gasteiger partial charge in [0.25, 0.3) is 5.91 Å². The maximum Gasteiger partial charge on any atom is 0.335 e. The summed E-state index contributed by atoms with van der Waals surface area (Å²) in [6, 6.07) is 18.0. The van der Waals surface area contributed by atoms with Gasteiger partial charge < -0.3 is 10.0 Å². The molecule has 3 heterocycles. The highest BCUT2D eigenvalue weighted by atomic mass is 16.4. The maximum absolute atomic E-state index is 13.5. The van der Waals surface area contributed by atoms with Gasteiger partial charge in [0, 0.05) is 29.8 Å². The number of nitriles is 1. The molecule has 3 aliphatic rings. The lowest BCUT2D eigenvalue weighted by atomic mass is 9.76. The van der Waals surface area contributed by atoms with Gasteiger partial charge in [-0.3, -0.25) is 4.79 Å². The second-order valence-electron chi connectivity index (χ2n) is 14.1. The molecule has 2 aliphatic carbocycles. The molecule has 2 aromatic heterocycles. The fourth-order valence-electron chi connectivity index (χ4n) is 7.56. The number of aromatic amines is 2. The van der Waals surface area contributed by atoms with Crippen molar-refractivity contribution in [2.45, 2.75) is 97.8 Å². The van der Waals surface area contributed by atoms with E-state index in [4.69, 9.17) is 5.26 Å². The van der Waals surface area contributed by atoms with E-state index < -0.39 is 5.97 Å². The molecule has 0 spiro atoms. The minimum absolute atomic E-state index is 0. The molecule has 3 fully saturated rings. The van der Waals surface area contributed by atoms with E-state index in [0.717, 1.165) is 72.3 Å². The molecule has 53 heavy (non-hydrogen) atoms. The Kier molecular flexibility index (Phi) is 12.2. The minimum Gasteiger partial charge on any atom is -0.478 e. The van der Waals surface area contributed by atoms with Crippen molar-refractivity contribution in [1.82, 2.24) is 35.7 Å². The first-order valence-corrected chi connectivity index (χ1v) is 17.8. The van der Waals surface area contributed by atoms with Gasteiger partial charge in [0.05, 0.1) is 29.6 Å². The normalized spacial score (nSPS) is 15.8. The molecule has 0 atom stereocenters. The molecule has 8 rings (SSSR count). The van der Waals surface area contributed by atoms with E-state index in [1.54, 1.807) is 18.5 Å². The average molecular weight is 715 g/mol. The van der Waals surface area contributed by atoms with Crippen molar-refractivity contribution < 1.29 is 14.7 Å². The van der Waals surface area contributed by atoms with Crippen LogP contribution >= 0.6 is 0 Å². The second kappa shape index (κ2) is 16.8. The predicted molar refractivity (Wildman–Crippen MR) is 206 cm³/mol. The van der Waals surface area contributed by atoms with Crippen molar-refractivity contribution in [3.8, 4) is 28.6 Å². The number of carboxylic acid groups (broad SMARTS) is 1. The molecule has 1 saturated heterocycles. The van der Waals surface area contributed by atoms with Gasteiger partial charge in [0.15, 0.2) is 0 Å². The number of likely N-dealkylation sites (tertiary alicyclic amines) is 1. The monoisotopic (exact) mass is 714 g/mol. The summed E-state index contributed by atoms with van der Waals surface area (Å²) in [6.45, 7) is 5.38. The lowest BCUT2D eigenvalue weighted by molar-refractivity contribution is 0.0692. The van der Waals surface area contributed by atoms with Crippen LogP contribution in [0.2, 0.25) is 0 Å². The summed E-state index contributed by atoms with van der Waals surface area (Å²) in [7, 11) is 0. The van der Waals surface area contributed by atoms with E-state index in [-0.39, 0.29) is 20.8 Å². The van der Waals surface area contributed by atoms with Gasteiger partial charge in [-0.25, -0.2) is 4.79 Å². The number of carboxylic acids is 1. The Morgan fingerprint density at radius 2 is 1.23 bits per heavy atom. The van der Waals surface area contributed by atoms with Crippen LogP contribution in [0.3, 0.4) is 0 Å². The van der Waals surface area contributed by atoms with Crippen LogP contribution in [0.5, 0.6) is 0 Å². The Bertz CT molecular complexity index is 2050. The third-order valence-electron chi connectivity index (χ3n) is 11.0. The number of hydrogen-bond donors (Lipinski definition) is 3. The Balaban J connectivity index is 0.000000222. The molecule has 11 nitrogen and oxygen atoms in total. The maximum atomic E-state index is 13.5. The first-order chi connectivity index (χ1) is 24.8. The molecule has 3 N–H and O–H groups in total. The third kappa shape index (κ3) is 8.07. The van der Waals surface area contributed by atoms with E-state index in [1.807, 2.05) is 55.1 Å². The number of H-pyrrole nitrogens is 2. The van der Waals surface area contributed by atoms with Crippen LogP contribution in [0.15, 0.2) is 60.9 Å². The number of benzene rings is 3. The summed E-state index contributed by atoms with van der Waals surface area (Å²) >= 11 is 0. The molecule has 0 bridgehead atoms. The molecule has 3 aromatic carbocycles. The van der Waals surface area contributed by atoms with Gasteiger partial charge in [-0.15, -0.1) is 0 Å². The van der Waals surface area contributed by atoms with Crippen molar-refractivity contribution >= 4 is 11.9 Å². The Labute approximate surface area is 311 Å². The number of aromatic nitrogens is 6. The predicted octanol–water partition coefficient (Wildman–Crippen LogP) is 8.96. The minimum atomic E-state index is -0.901. The van der Waals surface area contributed by atoms with Crippen molar-refractivity contribution in [2.24, 2.45) is 0 Å². The van der Waals surface area contributed by atoms with Gasteiger partial charge in [0.1, 0.15) is 11.4 Å². The van der Waals surface area contributed by atoms with E-state index in [9.17, 15) is 14.7 Å². The zero-order valence-electron chi connectivity index (χ0n) is 29.0. The number of aromatic carboxylic acids is 1. The lowest BCUT2D eigenvalue weighted by Gasteiger charge is -2.33. The van der Waals surface area contributed by atoms with E-state index >= 15 is 0 Å². The fourth-order valence-corrected chi connectivity index (χ4v) is 7.56. The van der Waals surface area contributed by atoms with Crippen molar-refractivity contribution in [3.05, 3.63) is 105 Å². The van der Waals surface area contributed by atoms with Gasteiger partial charge in [-0.1, -0.05) is 52.0 Å². The van der Waals surface area contributed by atoms with Crippen LogP contribution in [-0.2, 0) is 0 Å². The molecule has 276 valence electrons. The van der Waals surface area contributed by atoms with E-state index in [2.05, 4.69) is 43.0 Å². The van der Waals surface area contributed by atoms with Crippen LogP contribution in [0.1, 0.15) is 138 Å². The summed E-state index contributed by atoms with van der Waals surface area (Å²) < 4.78 is 0. The molecular formula is C42H50N8O3. The molecule has 0 unspecified atom stereocenters. The number of nitrogens with one attached hydrogen (secondary N) is 2. The zero-order valence-corrected chi connectivity index (χ0v) is 29.0. The molecule has 5 aromatic rings. The van der Waals surface area contributed by atoms with Crippen molar-refractivity contribution in [3.63, 3.8) is 0 Å². The van der Waals surface area contributed by atoms with E-state index in [1.165, 1.54) is 42.4 Å². The summed E-state index contributed by atoms with van der Waals surface area (Å²) in [4.78, 5) is 26.7. The Morgan fingerprint density at radius 3 is 1.64 bits per heavy atom. The van der Waals surface area contributed by atoms with Crippen molar-refractivity contribution in [1.29, 1.82) is 5.26 Å². The molecule has 2 saturated carbocycles. The van der Waals surface area contributed by atoms with Gasteiger partial charge in [-0.2, -0.15) is 36.1 Å². The average Bonchev–Trinajstić information content (AvgIpc) is 3.83.